The van der Waals surface area contributed by atoms with E-state index in [1.165, 1.54) is 29.2 Å². The summed E-state index contributed by atoms with van der Waals surface area (Å²) in [6.45, 7) is 6.16. The number of nitrogens with zero attached hydrogens (tertiary/aromatic N) is 4. The quantitative estimate of drug-likeness (QED) is 0.606. The van der Waals surface area contributed by atoms with Crippen molar-refractivity contribution in [2.45, 2.75) is 19.6 Å². The molecule has 0 spiro atoms. The van der Waals surface area contributed by atoms with Gasteiger partial charge in [-0.05, 0) is 24.3 Å². The lowest BCUT2D eigenvalue weighted by Gasteiger charge is -2.13. The number of nitrogens with one attached hydrogen (secondary N) is 1. The van der Waals surface area contributed by atoms with E-state index in [-0.39, 0.29) is 19.0 Å². The molecule has 1 aromatic carbocycles. The van der Waals surface area contributed by atoms with Crippen molar-refractivity contribution >= 4 is 17.5 Å². The molecule has 2 aromatic rings. The fraction of sp³-hybridized carbons (Fsp3) is 0.250. The summed E-state index contributed by atoms with van der Waals surface area (Å²) in [5.41, 5.74) is -1.80. The third-order valence-electron chi connectivity index (χ3n) is 4.13. The lowest BCUT2D eigenvalue weighted by Crippen LogP contribution is -2.55. The van der Waals surface area contributed by atoms with Gasteiger partial charge in [-0.1, -0.05) is 12.2 Å². The maximum atomic E-state index is 12.5. The van der Waals surface area contributed by atoms with Gasteiger partial charge in [-0.2, -0.15) is 0 Å². The Labute approximate surface area is 172 Å². The molecule has 10 nitrogen and oxygen atoms in total. The second kappa shape index (κ2) is 9.50. The topological polar surface area (TPSA) is 115 Å². The number of benzene rings is 1. The second-order valence-electron chi connectivity index (χ2n) is 6.56. The molecule has 0 aliphatic carbocycles. The van der Waals surface area contributed by atoms with Crippen molar-refractivity contribution in [3.05, 3.63) is 86.6 Å². The summed E-state index contributed by atoms with van der Waals surface area (Å²) < 4.78 is 2.30. The van der Waals surface area contributed by atoms with Crippen LogP contribution in [0.4, 0.5) is 5.69 Å². The van der Waals surface area contributed by atoms with Crippen LogP contribution in [0.3, 0.4) is 0 Å². The van der Waals surface area contributed by atoms with Gasteiger partial charge in [0.15, 0.2) is 0 Å². The van der Waals surface area contributed by atoms with Gasteiger partial charge in [0, 0.05) is 25.3 Å². The van der Waals surface area contributed by atoms with E-state index in [1.54, 1.807) is 26.2 Å². The first-order valence-corrected chi connectivity index (χ1v) is 8.99. The van der Waals surface area contributed by atoms with E-state index in [1.807, 2.05) is 0 Å². The van der Waals surface area contributed by atoms with Gasteiger partial charge in [0.25, 0.3) is 5.91 Å². The largest absolute Gasteiger partial charge is 0.345 e. The molecule has 1 heterocycles. The number of aromatic nitrogens is 3. The van der Waals surface area contributed by atoms with E-state index in [0.29, 0.717) is 15.8 Å². The first-order valence-electron chi connectivity index (χ1n) is 8.99. The molecule has 2 rings (SSSR count). The SMILES string of the molecule is C=CCn1c(=O)n(CC=C)c(=O)n(CC(=O)Nc2ccc(C(=O)N(C)C)cc2)c1=O. The summed E-state index contributed by atoms with van der Waals surface area (Å²) in [6, 6.07) is 6.16. The number of amides is 2. The minimum Gasteiger partial charge on any atom is -0.345 e. The van der Waals surface area contributed by atoms with Crippen LogP contribution in [-0.4, -0.2) is 44.5 Å². The van der Waals surface area contributed by atoms with Crippen molar-refractivity contribution in [2.75, 3.05) is 19.4 Å². The van der Waals surface area contributed by atoms with Crippen LogP contribution in [0.5, 0.6) is 0 Å². The van der Waals surface area contributed by atoms with Crippen LogP contribution < -0.4 is 22.4 Å². The monoisotopic (exact) mass is 413 g/mol. The molecule has 0 bridgehead atoms. The van der Waals surface area contributed by atoms with E-state index in [0.717, 1.165) is 9.13 Å². The zero-order valence-electron chi connectivity index (χ0n) is 16.8. The maximum absolute atomic E-state index is 12.5. The van der Waals surface area contributed by atoms with Crippen LogP contribution >= 0.6 is 0 Å². The summed E-state index contributed by atoms with van der Waals surface area (Å²) >= 11 is 0. The van der Waals surface area contributed by atoms with Crippen LogP contribution in [0.2, 0.25) is 0 Å². The number of allylic oxidation sites excluding steroid dienone is 2. The van der Waals surface area contributed by atoms with Gasteiger partial charge in [-0.25, -0.2) is 28.1 Å². The minimum absolute atomic E-state index is 0.113. The van der Waals surface area contributed by atoms with E-state index in [9.17, 15) is 24.0 Å². The van der Waals surface area contributed by atoms with Crippen molar-refractivity contribution in [3.8, 4) is 0 Å². The van der Waals surface area contributed by atoms with Crippen LogP contribution in [-0.2, 0) is 24.4 Å². The highest BCUT2D eigenvalue weighted by Crippen LogP contribution is 2.10. The van der Waals surface area contributed by atoms with Crippen molar-refractivity contribution < 1.29 is 9.59 Å². The molecular weight excluding hydrogens is 390 g/mol. The first kappa shape index (κ1) is 22.3. The fourth-order valence-electron chi connectivity index (χ4n) is 2.69. The molecular formula is C20H23N5O5. The minimum atomic E-state index is -0.910. The van der Waals surface area contributed by atoms with Gasteiger partial charge >= 0.3 is 17.1 Å². The third kappa shape index (κ3) is 4.72. The van der Waals surface area contributed by atoms with Crippen LogP contribution in [0.25, 0.3) is 0 Å². The number of hydrogen-bond donors (Lipinski definition) is 1. The molecule has 158 valence electrons. The highest BCUT2D eigenvalue weighted by Gasteiger charge is 2.17. The molecule has 0 radical (unpaired) electrons. The Kier molecular flexibility index (Phi) is 7.08. The van der Waals surface area contributed by atoms with E-state index < -0.39 is 29.5 Å². The van der Waals surface area contributed by atoms with Crippen LogP contribution in [0.1, 0.15) is 10.4 Å². The summed E-state index contributed by atoms with van der Waals surface area (Å²) in [7, 11) is 3.25. The molecule has 0 aliphatic rings. The van der Waals surface area contributed by atoms with Gasteiger partial charge in [-0.3, -0.25) is 9.59 Å². The van der Waals surface area contributed by atoms with Crippen LogP contribution in [0, 0.1) is 0 Å². The van der Waals surface area contributed by atoms with Gasteiger partial charge in [0.2, 0.25) is 5.91 Å². The molecule has 1 aromatic heterocycles. The van der Waals surface area contributed by atoms with Crippen LogP contribution in [0.15, 0.2) is 64.0 Å². The Hall–Kier alpha value is -3.95. The predicted molar refractivity (Wildman–Crippen MR) is 113 cm³/mol. The fourth-order valence-corrected chi connectivity index (χ4v) is 2.69. The summed E-state index contributed by atoms with van der Waals surface area (Å²) in [4.78, 5) is 63.2. The zero-order chi connectivity index (χ0) is 22.4. The maximum Gasteiger partial charge on any atom is 0.337 e. The highest BCUT2D eigenvalue weighted by atomic mass is 16.2. The van der Waals surface area contributed by atoms with Crippen molar-refractivity contribution in [2.24, 2.45) is 0 Å². The molecule has 0 aliphatic heterocycles. The Balaban J connectivity index is 2.32. The molecule has 10 heteroatoms. The summed E-state index contributed by atoms with van der Waals surface area (Å²) in [5, 5.41) is 2.56. The van der Waals surface area contributed by atoms with Gasteiger partial charge in [0.05, 0.1) is 13.1 Å². The first-order chi connectivity index (χ1) is 14.2. The Morgan fingerprint density at radius 2 is 1.37 bits per heavy atom. The van der Waals surface area contributed by atoms with E-state index in [2.05, 4.69) is 18.5 Å². The summed E-state index contributed by atoms with van der Waals surface area (Å²) in [5.74, 6) is -0.832. The van der Waals surface area contributed by atoms with E-state index >= 15 is 0 Å². The Morgan fingerprint density at radius 3 is 1.80 bits per heavy atom. The van der Waals surface area contributed by atoms with Crippen molar-refractivity contribution in [1.82, 2.24) is 18.6 Å². The second-order valence-corrected chi connectivity index (χ2v) is 6.56. The standard InChI is InChI=1S/C20H23N5O5/c1-5-11-23-18(28)24(12-6-2)20(30)25(19(23)29)13-16(26)21-15-9-7-14(8-10-15)17(27)22(3)4/h5-10H,1-2,11-13H2,3-4H3,(H,21,26). The number of hydrogen-bond acceptors (Lipinski definition) is 5. The lowest BCUT2D eigenvalue weighted by molar-refractivity contribution is -0.116. The normalized spacial score (nSPS) is 10.3. The van der Waals surface area contributed by atoms with Gasteiger partial charge in [-0.15, -0.1) is 13.2 Å². The number of carbonyl (C=O) groups excluding carboxylic acids is 2. The average Bonchev–Trinajstić information content (AvgIpc) is 2.71. The Bertz CT molecular complexity index is 1100. The third-order valence-corrected chi connectivity index (χ3v) is 4.13. The van der Waals surface area contributed by atoms with Gasteiger partial charge in [0.1, 0.15) is 6.54 Å². The highest BCUT2D eigenvalue weighted by molar-refractivity contribution is 5.95. The molecule has 0 unspecified atom stereocenters. The van der Waals surface area contributed by atoms with Crippen molar-refractivity contribution in [3.63, 3.8) is 0 Å². The molecule has 30 heavy (non-hydrogen) atoms. The predicted octanol–water partition coefficient (Wildman–Crippen LogP) is -0.116. The molecule has 1 N–H and O–H groups in total. The average molecular weight is 413 g/mol. The number of anilines is 1. The molecule has 0 saturated heterocycles. The van der Waals surface area contributed by atoms with E-state index in [4.69, 9.17) is 0 Å². The molecule has 0 saturated carbocycles. The van der Waals surface area contributed by atoms with Crippen molar-refractivity contribution in [1.29, 1.82) is 0 Å². The molecule has 0 atom stereocenters. The Morgan fingerprint density at radius 1 is 0.900 bits per heavy atom. The lowest BCUT2D eigenvalue weighted by atomic mass is 10.2. The molecule has 0 fully saturated rings. The zero-order valence-corrected chi connectivity index (χ0v) is 16.8. The number of rotatable bonds is 8. The van der Waals surface area contributed by atoms with Gasteiger partial charge < -0.3 is 10.2 Å². The summed E-state index contributed by atoms with van der Waals surface area (Å²) in [6.07, 6.45) is 2.68. The molecule has 2 amide bonds. The number of carbonyl (C=O) groups is 2. The smallest absolute Gasteiger partial charge is 0.337 e.